The highest BCUT2D eigenvalue weighted by molar-refractivity contribution is 9.10. The third kappa shape index (κ3) is 4.09. The Balaban J connectivity index is 1.90. The van der Waals surface area contributed by atoms with Gasteiger partial charge in [0.15, 0.2) is 0 Å². The summed E-state index contributed by atoms with van der Waals surface area (Å²) in [5.74, 6) is 0.873. The SMILES string of the molecule is COc1ccc(Br)c(C(=O)NCCC(O)c2ccco2)c1. The molecule has 1 aromatic heterocycles. The van der Waals surface area contributed by atoms with Crippen molar-refractivity contribution in [3.8, 4) is 5.75 Å². The molecule has 21 heavy (non-hydrogen) atoms. The predicted octanol–water partition coefficient (Wildman–Crippen LogP) is 2.90. The number of furan rings is 1. The topological polar surface area (TPSA) is 71.7 Å². The molecule has 5 nitrogen and oxygen atoms in total. The van der Waals surface area contributed by atoms with Crippen LogP contribution in [0.4, 0.5) is 0 Å². The standard InChI is InChI=1S/C15H16BrNO4/c1-20-10-4-5-12(16)11(9-10)15(19)17-7-6-13(18)14-3-2-8-21-14/h2-5,8-9,13,18H,6-7H2,1H3,(H,17,19). The first-order valence-electron chi connectivity index (χ1n) is 6.45. The number of ether oxygens (including phenoxy) is 1. The largest absolute Gasteiger partial charge is 0.497 e. The number of amides is 1. The van der Waals surface area contributed by atoms with Gasteiger partial charge in [0.1, 0.15) is 17.6 Å². The van der Waals surface area contributed by atoms with Crippen molar-refractivity contribution in [3.05, 3.63) is 52.4 Å². The Bertz CT molecular complexity index is 598. The number of carbonyl (C=O) groups excluding carboxylic acids is 1. The molecule has 1 aromatic carbocycles. The van der Waals surface area contributed by atoms with Gasteiger partial charge in [-0.15, -0.1) is 0 Å². The van der Waals surface area contributed by atoms with Gasteiger partial charge in [0, 0.05) is 11.0 Å². The summed E-state index contributed by atoms with van der Waals surface area (Å²) in [6.45, 7) is 0.338. The number of nitrogens with one attached hydrogen (secondary N) is 1. The third-order valence-electron chi connectivity index (χ3n) is 2.99. The van der Waals surface area contributed by atoms with Crippen molar-refractivity contribution >= 4 is 21.8 Å². The second kappa shape index (κ2) is 7.28. The van der Waals surface area contributed by atoms with Gasteiger partial charge in [-0.25, -0.2) is 0 Å². The lowest BCUT2D eigenvalue weighted by Crippen LogP contribution is -2.26. The summed E-state index contributed by atoms with van der Waals surface area (Å²) < 4.78 is 10.9. The maximum atomic E-state index is 12.1. The summed E-state index contributed by atoms with van der Waals surface area (Å²) in [5, 5.41) is 12.6. The van der Waals surface area contributed by atoms with Gasteiger partial charge in [0.05, 0.1) is 18.9 Å². The Kier molecular flexibility index (Phi) is 5.41. The molecule has 1 amide bonds. The summed E-state index contributed by atoms with van der Waals surface area (Å²) in [7, 11) is 1.55. The number of aliphatic hydroxyl groups excluding tert-OH is 1. The Hall–Kier alpha value is -1.79. The lowest BCUT2D eigenvalue weighted by Gasteiger charge is -2.10. The van der Waals surface area contributed by atoms with Crippen molar-refractivity contribution in [1.82, 2.24) is 5.32 Å². The average Bonchev–Trinajstić information content (AvgIpc) is 3.01. The predicted molar refractivity (Wildman–Crippen MR) is 81.3 cm³/mol. The van der Waals surface area contributed by atoms with Gasteiger partial charge in [0.2, 0.25) is 0 Å². The number of methoxy groups -OCH3 is 1. The van der Waals surface area contributed by atoms with Gasteiger partial charge in [0.25, 0.3) is 5.91 Å². The molecule has 1 unspecified atom stereocenters. The Labute approximate surface area is 131 Å². The van der Waals surface area contributed by atoms with Crippen LogP contribution in [0.3, 0.4) is 0 Å². The van der Waals surface area contributed by atoms with E-state index < -0.39 is 6.10 Å². The molecule has 2 rings (SSSR count). The maximum Gasteiger partial charge on any atom is 0.252 e. The van der Waals surface area contributed by atoms with E-state index in [-0.39, 0.29) is 5.91 Å². The molecule has 2 N–H and O–H groups in total. The summed E-state index contributed by atoms with van der Waals surface area (Å²) in [4.78, 5) is 12.1. The fraction of sp³-hybridized carbons (Fsp3) is 0.267. The van der Waals surface area contributed by atoms with Crippen molar-refractivity contribution in [2.24, 2.45) is 0 Å². The molecule has 1 atom stereocenters. The van der Waals surface area contributed by atoms with E-state index in [4.69, 9.17) is 9.15 Å². The van der Waals surface area contributed by atoms with Crippen LogP contribution in [0.15, 0.2) is 45.5 Å². The molecule has 6 heteroatoms. The van der Waals surface area contributed by atoms with Gasteiger partial charge in [-0.2, -0.15) is 0 Å². The van der Waals surface area contributed by atoms with Crippen molar-refractivity contribution < 1.29 is 19.1 Å². The summed E-state index contributed by atoms with van der Waals surface area (Å²) in [6.07, 6.45) is 1.15. The van der Waals surface area contributed by atoms with E-state index in [1.54, 1.807) is 37.4 Å². The molecule has 0 aliphatic heterocycles. The number of halogens is 1. The van der Waals surface area contributed by atoms with Crippen LogP contribution in [-0.2, 0) is 0 Å². The van der Waals surface area contributed by atoms with Crippen LogP contribution in [-0.4, -0.2) is 24.7 Å². The molecule has 2 aromatic rings. The molecule has 1 heterocycles. The minimum absolute atomic E-state index is 0.229. The van der Waals surface area contributed by atoms with E-state index in [0.717, 1.165) is 0 Å². The van der Waals surface area contributed by atoms with Crippen LogP contribution in [0.1, 0.15) is 28.6 Å². The molecule has 0 radical (unpaired) electrons. The lowest BCUT2D eigenvalue weighted by atomic mass is 10.2. The fourth-order valence-corrected chi connectivity index (χ4v) is 2.27. The molecule has 0 saturated heterocycles. The number of benzene rings is 1. The molecule has 0 aliphatic carbocycles. The van der Waals surface area contributed by atoms with E-state index in [9.17, 15) is 9.90 Å². The Morgan fingerprint density at radius 1 is 1.48 bits per heavy atom. The smallest absolute Gasteiger partial charge is 0.252 e. The molecule has 0 fully saturated rings. The molecule has 0 spiro atoms. The first kappa shape index (κ1) is 15.6. The van der Waals surface area contributed by atoms with Crippen LogP contribution >= 0.6 is 15.9 Å². The van der Waals surface area contributed by atoms with Crippen molar-refractivity contribution in [2.75, 3.05) is 13.7 Å². The minimum Gasteiger partial charge on any atom is -0.497 e. The van der Waals surface area contributed by atoms with Crippen LogP contribution in [0, 0.1) is 0 Å². The molecular weight excluding hydrogens is 338 g/mol. The number of rotatable bonds is 6. The average molecular weight is 354 g/mol. The number of carbonyl (C=O) groups is 1. The Morgan fingerprint density at radius 2 is 2.29 bits per heavy atom. The minimum atomic E-state index is -0.728. The van der Waals surface area contributed by atoms with Crippen molar-refractivity contribution in [3.63, 3.8) is 0 Å². The molecule has 0 aliphatic rings. The highest BCUT2D eigenvalue weighted by Crippen LogP contribution is 2.22. The fourth-order valence-electron chi connectivity index (χ4n) is 1.85. The number of hydrogen-bond acceptors (Lipinski definition) is 4. The van der Waals surface area contributed by atoms with E-state index in [0.29, 0.717) is 34.5 Å². The van der Waals surface area contributed by atoms with Crippen LogP contribution in [0.2, 0.25) is 0 Å². The second-order valence-electron chi connectivity index (χ2n) is 4.42. The highest BCUT2D eigenvalue weighted by Gasteiger charge is 2.13. The second-order valence-corrected chi connectivity index (χ2v) is 5.28. The van der Waals surface area contributed by atoms with Crippen molar-refractivity contribution in [1.29, 1.82) is 0 Å². The monoisotopic (exact) mass is 353 g/mol. The maximum absolute atomic E-state index is 12.1. The summed E-state index contributed by atoms with van der Waals surface area (Å²) in [5.41, 5.74) is 0.488. The third-order valence-corrected chi connectivity index (χ3v) is 3.68. The highest BCUT2D eigenvalue weighted by atomic mass is 79.9. The van der Waals surface area contributed by atoms with Gasteiger partial charge < -0.3 is 19.6 Å². The first-order valence-corrected chi connectivity index (χ1v) is 7.24. The summed E-state index contributed by atoms with van der Waals surface area (Å²) in [6, 6.07) is 8.59. The van der Waals surface area contributed by atoms with Crippen LogP contribution < -0.4 is 10.1 Å². The van der Waals surface area contributed by atoms with Gasteiger partial charge in [-0.05, 0) is 52.7 Å². The number of aliphatic hydroxyl groups is 1. The van der Waals surface area contributed by atoms with E-state index in [1.165, 1.54) is 6.26 Å². The number of hydrogen-bond donors (Lipinski definition) is 2. The van der Waals surface area contributed by atoms with E-state index in [1.807, 2.05) is 0 Å². The van der Waals surface area contributed by atoms with Crippen LogP contribution in [0.25, 0.3) is 0 Å². The normalized spacial score (nSPS) is 12.0. The first-order chi connectivity index (χ1) is 10.1. The quantitative estimate of drug-likeness (QED) is 0.837. The summed E-state index contributed by atoms with van der Waals surface area (Å²) >= 11 is 3.33. The van der Waals surface area contributed by atoms with E-state index in [2.05, 4.69) is 21.2 Å². The Morgan fingerprint density at radius 3 is 2.95 bits per heavy atom. The molecule has 112 valence electrons. The molecule has 0 bridgehead atoms. The van der Waals surface area contributed by atoms with Crippen LogP contribution in [0.5, 0.6) is 5.75 Å². The molecular formula is C15H16BrNO4. The van der Waals surface area contributed by atoms with Gasteiger partial charge in [-0.1, -0.05) is 0 Å². The van der Waals surface area contributed by atoms with E-state index >= 15 is 0 Å². The van der Waals surface area contributed by atoms with Gasteiger partial charge in [-0.3, -0.25) is 4.79 Å². The van der Waals surface area contributed by atoms with Crippen molar-refractivity contribution in [2.45, 2.75) is 12.5 Å². The zero-order chi connectivity index (χ0) is 15.2. The van der Waals surface area contributed by atoms with Gasteiger partial charge >= 0.3 is 0 Å². The lowest BCUT2D eigenvalue weighted by molar-refractivity contribution is 0.0935. The zero-order valence-electron chi connectivity index (χ0n) is 11.5. The zero-order valence-corrected chi connectivity index (χ0v) is 13.1. The molecule has 0 saturated carbocycles.